The van der Waals surface area contributed by atoms with Crippen LogP contribution in [0.25, 0.3) is 0 Å². The van der Waals surface area contributed by atoms with E-state index >= 15 is 8.78 Å². The third kappa shape index (κ3) is 10.7. The predicted molar refractivity (Wildman–Crippen MR) is 216 cm³/mol. The molecule has 2 aliphatic heterocycles. The fraction of sp³-hybridized carbons (Fsp3) is 0.625. The van der Waals surface area contributed by atoms with Crippen LogP contribution in [0, 0.1) is 23.7 Å². The van der Waals surface area contributed by atoms with Crippen molar-refractivity contribution >= 4 is 57.1 Å². The lowest BCUT2D eigenvalue weighted by Crippen LogP contribution is -2.49. The van der Waals surface area contributed by atoms with Crippen molar-refractivity contribution in [1.82, 2.24) is 25.2 Å². The molecule has 6 rings (SSSR count). The number of fused-ring (bicyclic) bond motifs is 1. The number of aromatic nitrogens is 1. The quantitative estimate of drug-likeness (QED) is 0.188. The molecule has 4 fully saturated rings. The average molecular weight is 866 g/mol. The van der Waals surface area contributed by atoms with Gasteiger partial charge < -0.3 is 35.2 Å². The Morgan fingerprint density at radius 1 is 0.881 bits per heavy atom. The fourth-order valence-corrected chi connectivity index (χ4v) is 9.83. The Hall–Kier alpha value is -4.29. The van der Waals surface area contributed by atoms with Gasteiger partial charge in [0.15, 0.2) is 0 Å². The summed E-state index contributed by atoms with van der Waals surface area (Å²) in [5.41, 5.74) is -1.07. The van der Waals surface area contributed by atoms with Gasteiger partial charge in [-0.25, -0.2) is 31.8 Å². The maximum atomic E-state index is 16.1. The smallest absolute Gasteiger partial charge is 0.407 e. The van der Waals surface area contributed by atoms with Crippen LogP contribution in [0.15, 0.2) is 41.3 Å². The standard InChI is InChI=1S/C40H54ClF2N7O8S/c1-38(2,3)57-36(53)45-13-7-12-44-35(52)24-18-29-30(19-24)34(29)40(42,43)25-20-31(41)47-32(21-25)48-14-16-49(17-15-48)59(55,56)28-10-8-27(9-11-28)50-23-26(22-33(50)51)46-37(54)58-39(4,5)6/h8-11,20-21,24,26,29-30,34H,7,12-19,22-23H2,1-6H3,(H,44,52)(H,45,53)(H,46,54)/t24?,26-,29?,30?,34?/m1/s1. The summed E-state index contributed by atoms with van der Waals surface area (Å²) in [5.74, 6) is -5.26. The van der Waals surface area contributed by atoms with E-state index in [1.807, 2.05) is 0 Å². The molecule has 19 heteroatoms. The third-order valence-electron chi connectivity index (χ3n) is 10.9. The summed E-state index contributed by atoms with van der Waals surface area (Å²) in [6.07, 6.45) is 0.146. The van der Waals surface area contributed by atoms with Crippen LogP contribution >= 0.6 is 11.6 Å². The van der Waals surface area contributed by atoms with Crippen molar-refractivity contribution in [2.45, 2.75) is 95.3 Å². The highest BCUT2D eigenvalue weighted by Gasteiger charge is 2.67. The third-order valence-corrected chi connectivity index (χ3v) is 13.0. The number of ether oxygens (including phenoxy) is 2. The van der Waals surface area contributed by atoms with E-state index in [-0.39, 0.29) is 90.1 Å². The van der Waals surface area contributed by atoms with Gasteiger partial charge in [0.1, 0.15) is 22.2 Å². The highest BCUT2D eigenvalue weighted by molar-refractivity contribution is 7.89. The molecule has 59 heavy (non-hydrogen) atoms. The summed E-state index contributed by atoms with van der Waals surface area (Å²) in [7, 11) is -3.93. The minimum absolute atomic E-state index is 0.0369. The van der Waals surface area contributed by atoms with Crippen LogP contribution in [0.1, 0.15) is 72.8 Å². The van der Waals surface area contributed by atoms with Crippen LogP contribution in [0.3, 0.4) is 0 Å². The van der Waals surface area contributed by atoms with Crippen LogP contribution in [0.4, 0.5) is 29.9 Å². The maximum Gasteiger partial charge on any atom is 0.407 e. The van der Waals surface area contributed by atoms with Gasteiger partial charge in [-0.05, 0) is 109 Å². The largest absolute Gasteiger partial charge is 0.444 e. The molecule has 4 aliphatic rings. The maximum absolute atomic E-state index is 16.1. The molecule has 15 nitrogen and oxygen atoms in total. The van der Waals surface area contributed by atoms with E-state index < -0.39 is 51.3 Å². The number of anilines is 2. The van der Waals surface area contributed by atoms with Crippen molar-refractivity contribution < 1.29 is 45.9 Å². The number of halogens is 3. The van der Waals surface area contributed by atoms with Crippen molar-refractivity contribution in [3.8, 4) is 0 Å². The van der Waals surface area contributed by atoms with Gasteiger partial charge in [-0.1, -0.05) is 11.6 Å². The molecule has 3 heterocycles. The van der Waals surface area contributed by atoms with Crippen molar-refractivity contribution in [2.75, 3.05) is 55.6 Å². The molecular formula is C40H54ClF2N7O8S. The number of hydrogen-bond donors (Lipinski definition) is 3. The number of benzene rings is 1. The SMILES string of the molecule is CC(C)(C)OC(=O)NCCCNC(=O)C1CC2C(C1)C2C(F)(F)c1cc(Cl)nc(N2CCN(S(=O)(=O)c3ccc(N4C[C@H](NC(=O)OC(C)(C)C)CC4=O)cc3)CC2)c1. The fourth-order valence-electron chi connectivity index (χ4n) is 8.20. The van der Waals surface area contributed by atoms with Crippen LogP contribution in [-0.4, -0.2) is 105 Å². The molecule has 2 aliphatic carbocycles. The first kappa shape index (κ1) is 44.3. The summed E-state index contributed by atoms with van der Waals surface area (Å²) < 4.78 is 71.2. The minimum atomic E-state index is -3.93. The predicted octanol–water partition coefficient (Wildman–Crippen LogP) is 5.27. The van der Waals surface area contributed by atoms with Crippen molar-refractivity contribution in [3.05, 3.63) is 47.1 Å². The summed E-state index contributed by atoms with van der Waals surface area (Å²) >= 11 is 6.30. The van der Waals surface area contributed by atoms with Gasteiger partial charge in [-0.3, -0.25) is 9.59 Å². The topological polar surface area (TPSA) is 180 Å². The van der Waals surface area contributed by atoms with Crippen LogP contribution in [0.5, 0.6) is 0 Å². The van der Waals surface area contributed by atoms with Crippen LogP contribution in [-0.2, 0) is 35.0 Å². The van der Waals surface area contributed by atoms with Crippen molar-refractivity contribution in [3.63, 3.8) is 0 Å². The molecule has 2 unspecified atom stereocenters. The Labute approximate surface area is 348 Å². The normalized spacial score (nSPS) is 23.7. The molecule has 324 valence electrons. The second-order valence-electron chi connectivity index (χ2n) is 17.7. The number of nitrogens with zero attached hydrogens (tertiary/aromatic N) is 4. The van der Waals surface area contributed by atoms with E-state index in [4.69, 9.17) is 21.1 Å². The lowest BCUT2D eigenvalue weighted by Gasteiger charge is -2.35. The van der Waals surface area contributed by atoms with Gasteiger partial charge in [0.2, 0.25) is 21.8 Å². The first-order valence-corrected chi connectivity index (χ1v) is 21.8. The number of piperazine rings is 1. The Morgan fingerprint density at radius 2 is 1.47 bits per heavy atom. The van der Waals surface area contributed by atoms with Crippen LogP contribution < -0.4 is 25.8 Å². The van der Waals surface area contributed by atoms with Crippen molar-refractivity contribution in [2.24, 2.45) is 23.7 Å². The van der Waals surface area contributed by atoms with E-state index in [0.717, 1.165) is 0 Å². The Kier molecular flexibility index (Phi) is 12.7. The first-order valence-electron chi connectivity index (χ1n) is 20.0. The molecule has 0 spiro atoms. The minimum Gasteiger partial charge on any atom is -0.444 e. The number of carbonyl (C=O) groups excluding carboxylic acids is 4. The van der Waals surface area contributed by atoms with Gasteiger partial charge in [-0.15, -0.1) is 0 Å². The molecule has 0 bridgehead atoms. The van der Waals surface area contributed by atoms with Gasteiger partial charge >= 0.3 is 12.2 Å². The molecular weight excluding hydrogens is 812 g/mol. The number of hydrogen-bond acceptors (Lipinski definition) is 10. The Bertz CT molecular complexity index is 2010. The van der Waals surface area contributed by atoms with Crippen LogP contribution in [0.2, 0.25) is 5.15 Å². The molecule has 1 aromatic carbocycles. The molecule has 2 aromatic rings. The highest BCUT2D eigenvalue weighted by Crippen LogP contribution is 2.67. The molecule has 3 atom stereocenters. The Morgan fingerprint density at radius 3 is 2.08 bits per heavy atom. The number of sulfonamides is 1. The Balaban J connectivity index is 0.979. The van der Waals surface area contributed by atoms with E-state index in [9.17, 15) is 27.6 Å². The summed E-state index contributed by atoms with van der Waals surface area (Å²) in [5, 5.41) is 8.10. The molecule has 4 amide bonds. The number of pyridine rings is 1. The zero-order valence-corrected chi connectivity index (χ0v) is 35.8. The lowest BCUT2D eigenvalue weighted by atomic mass is 9.93. The van der Waals surface area contributed by atoms with Crippen molar-refractivity contribution in [1.29, 1.82) is 0 Å². The van der Waals surface area contributed by atoms with Gasteiger partial charge in [0, 0.05) is 75.3 Å². The number of amides is 4. The second kappa shape index (κ2) is 17.0. The van der Waals surface area contributed by atoms with Gasteiger partial charge in [0.05, 0.1) is 10.9 Å². The molecule has 3 N–H and O–H groups in total. The van der Waals surface area contributed by atoms with Gasteiger partial charge in [-0.2, -0.15) is 4.31 Å². The van der Waals surface area contributed by atoms with E-state index in [1.165, 1.54) is 33.5 Å². The molecule has 2 saturated carbocycles. The zero-order valence-electron chi connectivity index (χ0n) is 34.2. The van der Waals surface area contributed by atoms with E-state index in [1.54, 1.807) is 58.6 Å². The molecule has 0 radical (unpaired) electrons. The number of carbonyl (C=O) groups is 4. The lowest BCUT2D eigenvalue weighted by molar-refractivity contribution is -0.125. The van der Waals surface area contributed by atoms with E-state index in [0.29, 0.717) is 38.0 Å². The molecule has 2 saturated heterocycles. The number of nitrogens with one attached hydrogen (secondary N) is 3. The first-order chi connectivity index (χ1) is 27.5. The highest BCUT2D eigenvalue weighted by atomic mass is 35.5. The summed E-state index contributed by atoms with van der Waals surface area (Å²) in [6, 6.07) is 8.00. The average Bonchev–Trinajstić information content (AvgIpc) is 3.44. The zero-order chi connectivity index (χ0) is 43.1. The second-order valence-corrected chi connectivity index (χ2v) is 20.0. The summed E-state index contributed by atoms with van der Waals surface area (Å²) in [6.45, 7) is 11.9. The molecule has 1 aromatic heterocycles. The number of alkyl halides is 2. The summed E-state index contributed by atoms with van der Waals surface area (Å²) in [4.78, 5) is 57.1. The number of alkyl carbamates (subject to hydrolysis) is 2. The van der Waals surface area contributed by atoms with Gasteiger partial charge in [0.25, 0.3) is 5.92 Å². The number of rotatable bonds is 12. The monoisotopic (exact) mass is 865 g/mol. The van der Waals surface area contributed by atoms with E-state index in [2.05, 4.69) is 20.9 Å².